The summed E-state index contributed by atoms with van der Waals surface area (Å²) >= 11 is 0. The van der Waals surface area contributed by atoms with Crippen LogP contribution in [-0.4, -0.2) is 4.98 Å². The number of rotatable bonds is 1. The fourth-order valence-corrected chi connectivity index (χ4v) is 4.31. The summed E-state index contributed by atoms with van der Waals surface area (Å²) in [6.07, 6.45) is 0. The molecule has 6 aromatic rings. The first kappa shape index (κ1) is 14.6. The third-order valence-corrected chi connectivity index (χ3v) is 5.59. The second kappa shape index (κ2) is 5.46. The van der Waals surface area contributed by atoms with Crippen LogP contribution in [0.1, 0.15) is 0 Å². The molecule has 1 heteroatoms. The molecule has 0 spiro atoms. The zero-order chi connectivity index (χ0) is 17.8. The second-order valence-corrected chi connectivity index (χ2v) is 7.12. The van der Waals surface area contributed by atoms with Crippen molar-refractivity contribution < 1.29 is 0 Å². The van der Waals surface area contributed by atoms with E-state index in [0.717, 1.165) is 0 Å². The predicted molar refractivity (Wildman–Crippen MR) is 116 cm³/mol. The van der Waals surface area contributed by atoms with E-state index in [0.29, 0.717) is 0 Å². The van der Waals surface area contributed by atoms with E-state index in [1.165, 1.54) is 54.5 Å². The Labute approximate surface area is 156 Å². The normalized spacial score (nSPS) is 11.7. The van der Waals surface area contributed by atoms with E-state index in [2.05, 4.69) is 102 Å². The molecule has 1 N–H and O–H groups in total. The van der Waals surface area contributed by atoms with Crippen LogP contribution in [0.4, 0.5) is 0 Å². The van der Waals surface area contributed by atoms with Crippen molar-refractivity contribution in [1.82, 2.24) is 4.98 Å². The van der Waals surface area contributed by atoms with Gasteiger partial charge < -0.3 is 4.98 Å². The molecule has 1 nitrogen and oxygen atoms in total. The van der Waals surface area contributed by atoms with E-state index in [1.54, 1.807) is 0 Å². The Morgan fingerprint density at radius 3 is 2.00 bits per heavy atom. The number of H-pyrrole nitrogens is 1. The van der Waals surface area contributed by atoms with Gasteiger partial charge in [-0.2, -0.15) is 0 Å². The highest BCUT2D eigenvalue weighted by Crippen LogP contribution is 2.37. The first-order valence-electron chi connectivity index (χ1n) is 9.30. The number of hydrogen-bond donors (Lipinski definition) is 1. The molecular formula is C26H17N. The lowest BCUT2D eigenvalue weighted by atomic mass is 9.93. The zero-order valence-electron chi connectivity index (χ0n) is 14.7. The summed E-state index contributed by atoms with van der Waals surface area (Å²) < 4.78 is 0. The van der Waals surface area contributed by atoms with Gasteiger partial charge in [-0.25, -0.2) is 0 Å². The molecule has 1 aromatic heterocycles. The fraction of sp³-hybridized carbons (Fsp3) is 0. The number of hydrogen-bond acceptors (Lipinski definition) is 0. The van der Waals surface area contributed by atoms with Gasteiger partial charge in [0.05, 0.1) is 0 Å². The van der Waals surface area contributed by atoms with Gasteiger partial charge in [0.1, 0.15) is 0 Å². The summed E-state index contributed by atoms with van der Waals surface area (Å²) in [4.78, 5) is 3.52. The summed E-state index contributed by atoms with van der Waals surface area (Å²) in [7, 11) is 0. The Morgan fingerprint density at radius 2 is 1.11 bits per heavy atom. The smallest absolute Gasteiger partial charge is 0.0465 e. The monoisotopic (exact) mass is 343 g/mol. The molecule has 0 aliphatic carbocycles. The molecule has 1 heterocycles. The van der Waals surface area contributed by atoms with Crippen LogP contribution in [0.2, 0.25) is 0 Å². The average molecular weight is 343 g/mol. The van der Waals surface area contributed by atoms with Crippen molar-refractivity contribution in [1.29, 1.82) is 0 Å². The molecule has 0 saturated heterocycles. The number of nitrogens with one attached hydrogen (secondary N) is 1. The van der Waals surface area contributed by atoms with Crippen LogP contribution in [0.3, 0.4) is 0 Å². The van der Waals surface area contributed by atoms with Gasteiger partial charge in [0.15, 0.2) is 0 Å². The highest BCUT2D eigenvalue weighted by molar-refractivity contribution is 6.15. The van der Waals surface area contributed by atoms with E-state index < -0.39 is 0 Å². The van der Waals surface area contributed by atoms with E-state index in [-0.39, 0.29) is 0 Å². The minimum Gasteiger partial charge on any atom is -0.355 e. The zero-order valence-corrected chi connectivity index (χ0v) is 14.7. The van der Waals surface area contributed by atoms with Gasteiger partial charge >= 0.3 is 0 Å². The summed E-state index contributed by atoms with van der Waals surface area (Å²) in [6.45, 7) is 0. The molecule has 5 aromatic carbocycles. The third kappa shape index (κ3) is 2.12. The van der Waals surface area contributed by atoms with Gasteiger partial charge in [0.2, 0.25) is 0 Å². The van der Waals surface area contributed by atoms with Gasteiger partial charge in [0.25, 0.3) is 0 Å². The van der Waals surface area contributed by atoms with Crippen molar-refractivity contribution in [3.8, 4) is 11.1 Å². The van der Waals surface area contributed by atoms with Gasteiger partial charge in [-0.3, -0.25) is 0 Å². The number of aromatic nitrogens is 1. The van der Waals surface area contributed by atoms with Crippen LogP contribution in [0.15, 0.2) is 97.1 Å². The van der Waals surface area contributed by atoms with Crippen LogP contribution in [0, 0.1) is 0 Å². The second-order valence-electron chi connectivity index (χ2n) is 7.12. The van der Waals surface area contributed by atoms with E-state index in [1.807, 2.05) is 0 Å². The van der Waals surface area contributed by atoms with Crippen LogP contribution in [0.5, 0.6) is 0 Å². The lowest BCUT2D eigenvalue weighted by molar-refractivity contribution is 1.55. The Hall–Kier alpha value is -3.58. The van der Waals surface area contributed by atoms with Gasteiger partial charge in [-0.05, 0) is 56.9 Å². The average Bonchev–Trinajstić information content (AvgIpc) is 3.11. The molecule has 0 aliphatic rings. The molecule has 0 bridgehead atoms. The van der Waals surface area contributed by atoms with Gasteiger partial charge in [-0.15, -0.1) is 0 Å². The topological polar surface area (TPSA) is 15.8 Å². The summed E-state index contributed by atoms with van der Waals surface area (Å²) in [6, 6.07) is 35.0. The molecule has 0 unspecified atom stereocenters. The Bertz CT molecular complexity index is 1470. The summed E-state index contributed by atoms with van der Waals surface area (Å²) in [5, 5.41) is 7.76. The molecule has 0 amide bonds. The lowest BCUT2D eigenvalue weighted by Crippen LogP contribution is -1.84. The maximum Gasteiger partial charge on any atom is 0.0465 e. The van der Waals surface area contributed by atoms with Crippen molar-refractivity contribution in [2.45, 2.75) is 0 Å². The highest BCUT2D eigenvalue weighted by Gasteiger charge is 2.10. The first-order chi connectivity index (χ1) is 13.4. The largest absolute Gasteiger partial charge is 0.355 e. The Morgan fingerprint density at radius 1 is 0.444 bits per heavy atom. The molecule has 0 aliphatic heterocycles. The number of para-hydroxylation sites is 1. The van der Waals surface area contributed by atoms with Crippen molar-refractivity contribution >= 4 is 43.4 Å². The fourth-order valence-electron chi connectivity index (χ4n) is 4.31. The molecule has 27 heavy (non-hydrogen) atoms. The SMILES string of the molecule is c1ccc2c(c1)cc(-c1ccc3[nH]c4ccccc4c3c1)c1ccccc12. The van der Waals surface area contributed by atoms with Crippen molar-refractivity contribution in [2.24, 2.45) is 0 Å². The Kier molecular flexibility index (Phi) is 2.95. The van der Waals surface area contributed by atoms with E-state index >= 15 is 0 Å². The standard InChI is InChI=1S/C26H17N/c1-2-8-19-17(7-1)15-23(21-10-4-3-9-20(19)21)18-13-14-26-24(16-18)22-11-5-6-12-25(22)27-26/h1-16,27H. The minimum absolute atomic E-state index is 1.19. The number of aromatic amines is 1. The van der Waals surface area contributed by atoms with Crippen LogP contribution >= 0.6 is 0 Å². The molecule has 6 rings (SSSR count). The maximum absolute atomic E-state index is 3.52. The summed E-state index contributed by atoms with van der Waals surface area (Å²) in [5.74, 6) is 0. The molecule has 126 valence electrons. The van der Waals surface area contributed by atoms with Crippen LogP contribution < -0.4 is 0 Å². The van der Waals surface area contributed by atoms with Gasteiger partial charge in [-0.1, -0.05) is 72.8 Å². The van der Waals surface area contributed by atoms with Crippen LogP contribution in [0.25, 0.3) is 54.5 Å². The van der Waals surface area contributed by atoms with Crippen molar-refractivity contribution in [2.75, 3.05) is 0 Å². The molecular weight excluding hydrogens is 326 g/mol. The molecule has 0 saturated carbocycles. The molecule has 0 atom stereocenters. The molecule has 0 fully saturated rings. The highest BCUT2D eigenvalue weighted by atomic mass is 14.7. The number of fused-ring (bicyclic) bond motifs is 6. The summed E-state index contributed by atoms with van der Waals surface area (Å²) in [5.41, 5.74) is 4.92. The van der Waals surface area contributed by atoms with Crippen molar-refractivity contribution in [3.05, 3.63) is 97.1 Å². The van der Waals surface area contributed by atoms with E-state index in [9.17, 15) is 0 Å². The first-order valence-corrected chi connectivity index (χ1v) is 9.30. The molecule has 0 radical (unpaired) electrons. The Balaban J connectivity index is 1.72. The lowest BCUT2D eigenvalue weighted by Gasteiger charge is -2.11. The number of benzene rings is 5. The predicted octanol–water partition coefficient (Wildman–Crippen LogP) is 7.29. The minimum atomic E-state index is 1.19. The van der Waals surface area contributed by atoms with E-state index in [4.69, 9.17) is 0 Å². The van der Waals surface area contributed by atoms with Crippen molar-refractivity contribution in [3.63, 3.8) is 0 Å². The maximum atomic E-state index is 3.52. The van der Waals surface area contributed by atoms with Gasteiger partial charge in [0, 0.05) is 21.8 Å². The quantitative estimate of drug-likeness (QED) is 0.302. The van der Waals surface area contributed by atoms with Crippen LogP contribution in [-0.2, 0) is 0 Å². The third-order valence-electron chi connectivity index (χ3n) is 5.59.